The third kappa shape index (κ3) is 3.17. The number of ether oxygens (including phenoxy) is 2. The van der Waals surface area contributed by atoms with Crippen molar-refractivity contribution >= 4 is 11.5 Å². The average molecular weight is 380 g/mol. The zero-order valence-electron chi connectivity index (χ0n) is 17.2. The fourth-order valence-electron chi connectivity index (χ4n) is 4.07. The fraction of sp³-hybridized carbons (Fsp3) is 0.455. The lowest BCUT2D eigenvalue weighted by molar-refractivity contribution is 0.394. The predicted octanol–water partition coefficient (Wildman–Crippen LogP) is 4.14. The zero-order chi connectivity index (χ0) is 19.7. The van der Waals surface area contributed by atoms with Crippen molar-refractivity contribution in [2.45, 2.75) is 39.5 Å². The Labute approximate surface area is 166 Å². The monoisotopic (exact) mass is 380 g/mol. The molecule has 1 aromatic carbocycles. The Bertz CT molecular complexity index is 970. The summed E-state index contributed by atoms with van der Waals surface area (Å²) in [6.07, 6.45) is 4.55. The highest BCUT2D eigenvalue weighted by molar-refractivity contribution is 5.70. The minimum absolute atomic E-state index is 0.752. The highest BCUT2D eigenvalue weighted by atomic mass is 16.5. The van der Waals surface area contributed by atoms with Gasteiger partial charge in [0.1, 0.15) is 17.3 Å². The number of rotatable bonds is 6. The first-order valence-corrected chi connectivity index (χ1v) is 10.1. The summed E-state index contributed by atoms with van der Waals surface area (Å²) in [5.41, 5.74) is 5.33. The summed E-state index contributed by atoms with van der Waals surface area (Å²) < 4.78 is 12.9. The molecular weight excluding hydrogens is 352 g/mol. The van der Waals surface area contributed by atoms with Gasteiger partial charge in [-0.1, -0.05) is 0 Å². The van der Waals surface area contributed by atoms with Crippen molar-refractivity contribution in [3.05, 3.63) is 35.5 Å². The van der Waals surface area contributed by atoms with Gasteiger partial charge < -0.3 is 14.4 Å². The molecule has 6 nitrogen and oxygen atoms in total. The number of anilines is 1. The fourth-order valence-corrected chi connectivity index (χ4v) is 4.07. The van der Waals surface area contributed by atoms with E-state index < -0.39 is 0 Å². The molecule has 148 valence electrons. The minimum Gasteiger partial charge on any atom is -0.497 e. The molecule has 1 aliphatic rings. The standard InChI is InChI=1S/C22H28N4O2/c1-5-25(6-2)22-18-9-7-8-10-19(18)23-21-14-20(24-26(21)22)15-11-16(27-3)13-17(12-15)28-4/h11-14H,5-10H2,1-4H3. The van der Waals surface area contributed by atoms with Crippen LogP contribution in [-0.2, 0) is 12.8 Å². The molecular formula is C22H28N4O2. The first kappa shape index (κ1) is 18.6. The quantitative estimate of drug-likeness (QED) is 0.643. The molecule has 6 heteroatoms. The molecule has 0 bridgehead atoms. The second-order valence-corrected chi connectivity index (χ2v) is 7.14. The van der Waals surface area contributed by atoms with Gasteiger partial charge in [-0.3, -0.25) is 0 Å². The van der Waals surface area contributed by atoms with E-state index >= 15 is 0 Å². The molecule has 0 amide bonds. The lowest BCUT2D eigenvalue weighted by atomic mass is 9.96. The van der Waals surface area contributed by atoms with E-state index in [9.17, 15) is 0 Å². The molecule has 1 aliphatic carbocycles. The van der Waals surface area contributed by atoms with E-state index in [4.69, 9.17) is 19.6 Å². The Kier molecular flexibility index (Phi) is 5.11. The van der Waals surface area contributed by atoms with Gasteiger partial charge in [-0.25, -0.2) is 4.98 Å². The highest BCUT2D eigenvalue weighted by Crippen LogP contribution is 2.34. The van der Waals surface area contributed by atoms with Crippen LogP contribution in [0.3, 0.4) is 0 Å². The van der Waals surface area contributed by atoms with E-state index in [0.29, 0.717) is 0 Å². The van der Waals surface area contributed by atoms with Gasteiger partial charge in [-0.05, 0) is 51.7 Å². The third-order valence-electron chi connectivity index (χ3n) is 5.56. The highest BCUT2D eigenvalue weighted by Gasteiger charge is 2.23. The number of methoxy groups -OCH3 is 2. The van der Waals surface area contributed by atoms with Gasteiger partial charge in [0.05, 0.1) is 19.9 Å². The predicted molar refractivity (Wildman–Crippen MR) is 112 cm³/mol. The molecule has 0 unspecified atom stereocenters. The van der Waals surface area contributed by atoms with Gasteiger partial charge in [-0.2, -0.15) is 9.61 Å². The minimum atomic E-state index is 0.752. The summed E-state index contributed by atoms with van der Waals surface area (Å²) in [5.74, 6) is 2.70. The van der Waals surface area contributed by atoms with E-state index in [1.807, 2.05) is 22.7 Å². The number of nitrogens with zero attached hydrogens (tertiary/aromatic N) is 4. The van der Waals surface area contributed by atoms with Gasteiger partial charge in [-0.15, -0.1) is 0 Å². The van der Waals surface area contributed by atoms with Crippen LogP contribution in [0.15, 0.2) is 24.3 Å². The summed E-state index contributed by atoms with van der Waals surface area (Å²) in [6, 6.07) is 7.91. The lowest BCUT2D eigenvalue weighted by Crippen LogP contribution is -2.28. The van der Waals surface area contributed by atoms with Crippen molar-refractivity contribution < 1.29 is 9.47 Å². The van der Waals surface area contributed by atoms with Crippen LogP contribution in [0.25, 0.3) is 16.9 Å². The third-order valence-corrected chi connectivity index (χ3v) is 5.56. The van der Waals surface area contributed by atoms with Gasteiger partial charge in [0, 0.05) is 42.0 Å². The van der Waals surface area contributed by atoms with Crippen molar-refractivity contribution in [3.63, 3.8) is 0 Å². The number of fused-ring (bicyclic) bond motifs is 2. The number of aromatic nitrogens is 3. The largest absolute Gasteiger partial charge is 0.497 e. The molecule has 0 fully saturated rings. The molecule has 2 aromatic heterocycles. The summed E-state index contributed by atoms with van der Waals surface area (Å²) in [6.45, 7) is 6.29. The van der Waals surface area contributed by atoms with Crippen LogP contribution < -0.4 is 14.4 Å². The smallest absolute Gasteiger partial charge is 0.158 e. The zero-order valence-corrected chi connectivity index (χ0v) is 17.2. The molecule has 4 rings (SSSR count). The Morgan fingerprint density at radius 3 is 2.29 bits per heavy atom. The SMILES string of the molecule is CCN(CC)c1c2c(nc3cc(-c4cc(OC)cc(OC)c4)nn13)CCCC2. The first-order chi connectivity index (χ1) is 13.7. The Morgan fingerprint density at radius 2 is 1.64 bits per heavy atom. The van der Waals surface area contributed by atoms with Crippen molar-refractivity contribution in [2.24, 2.45) is 0 Å². The summed E-state index contributed by atoms with van der Waals surface area (Å²) in [7, 11) is 3.33. The lowest BCUT2D eigenvalue weighted by Gasteiger charge is -2.27. The van der Waals surface area contributed by atoms with Crippen LogP contribution in [0, 0.1) is 0 Å². The molecule has 0 saturated heterocycles. The Morgan fingerprint density at radius 1 is 0.964 bits per heavy atom. The van der Waals surface area contributed by atoms with Crippen LogP contribution in [-0.4, -0.2) is 41.9 Å². The maximum Gasteiger partial charge on any atom is 0.158 e. The van der Waals surface area contributed by atoms with Crippen LogP contribution in [0.1, 0.15) is 37.9 Å². The number of benzene rings is 1. The first-order valence-electron chi connectivity index (χ1n) is 10.1. The topological polar surface area (TPSA) is 51.9 Å². The molecule has 0 spiro atoms. The summed E-state index contributed by atoms with van der Waals surface area (Å²) in [4.78, 5) is 7.36. The maximum atomic E-state index is 5.43. The van der Waals surface area contributed by atoms with Gasteiger partial charge in [0.2, 0.25) is 0 Å². The van der Waals surface area contributed by atoms with Gasteiger partial charge in [0.15, 0.2) is 5.65 Å². The molecule has 0 atom stereocenters. The van der Waals surface area contributed by atoms with Crippen molar-refractivity contribution in [2.75, 3.05) is 32.2 Å². The van der Waals surface area contributed by atoms with Gasteiger partial charge in [0.25, 0.3) is 0 Å². The van der Waals surface area contributed by atoms with Crippen molar-refractivity contribution in [3.8, 4) is 22.8 Å². The van der Waals surface area contributed by atoms with E-state index in [2.05, 4.69) is 24.8 Å². The van der Waals surface area contributed by atoms with Crippen molar-refractivity contribution in [1.29, 1.82) is 0 Å². The second-order valence-electron chi connectivity index (χ2n) is 7.14. The van der Waals surface area contributed by atoms with Crippen molar-refractivity contribution in [1.82, 2.24) is 14.6 Å². The van der Waals surface area contributed by atoms with Crippen LogP contribution in [0.2, 0.25) is 0 Å². The maximum absolute atomic E-state index is 5.43. The molecule has 28 heavy (non-hydrogen) atoms. The molecule has 0 aliphatic heterocycles. The Balaban J connectivity index is 1.93. The molecule has 0 radical (unpaired) electrons. The van der Waals surface area contributed by atoms with E-state index in [0.717, 1.165) is 54.3 Å². The molecule has 2 heterocycles. The Hall–Kier alpha value is -2.76. The molecule has 0 N–H and O–H groups in total. The van der Waals surface area contributed by atoms with Gasteiger partial charge >= 0.3 is 0 Å². The van der Waals surface area contributed by atoms with E-state index in [-0.39, 0.29) is 0 Å². The van der Waals surface area contributed by atoms with E-state index in [1.54, 1.807) is 14.2 Å². The average Bonchev–Trinajstić information content (AvgIpc) is 3.17. The number of hydrogen-bond donors (Lipinski definition) is 0. The summed E-state index contributed by atoms with van der Waals surface area (Å²) >= 11 is 0. The number of aryl methyl sites for hydroxylation is 1. The van der Waals surface area contributed by atoms with Crippen LogP contribution >= 0.6 is 0 Å². The normalized spacial score (nSPS) is 13.4. The van der Waals surface area contributed by atoms with Crippen LogP contribution in [0.4, 0.5) is 5.82 Å². The molecule has 3 aromatic rings. The summed E-state index contributed by atoms with van der Waals surface area (Å²) in [5, 5.41) is 4.96. The van der Waals surface area contributed by atoms with Crippen LogP contribution in [0.5, 0.6) is 11.5 Å². The molecule has 0 saturated carbocycles. The van der Waals surface area contributed by atoms with E-state index in [1.165, 1.54) is 29.9 Å². The second kappa shape index (κ2) is 7.70. The number of hydrogen-bond acceptors (Lipinski definition) is 5.